The monoisotopic (exact) mass is 196 g/mol. The number of nitrogens with zero attached hydrogens (tertiary/aromatic N) is 1. The molecule has 0 atom stereocenters. The van der Waals surface area contributed by atoms with Gasteiger partial charge in [0.2, 0.25) is 11.8 Å². The molecule has 0 aromatic heterocycles. The van der Waals surface area contributed by atoms with Crippen LogP contribution in [0.1, 0.15) is 26.2 Å². The molecule has 1 saturated heterocycles. The number of carbonyl (C=O) groups excluding carboxylic acids is 2. The molecule has 4 nitrogen and oxygen atoms in total. The van der Waals surface area contributed by atoms with Gasteiger partial charge in [0.05, 0.1) is 6.54 Å². The number of carbonyl (C=O) groups is 2. The topological polar surface area (TPSA) is 49.4 Å². The van der Waals surface area contributed by atoms with E-state index in [2.05, 4.69) is 12.2 Å². The van der Waals surface area contributed by atoms with Crippen LogP contribution in [0, 0.1) is 5.92 Å². The number of rotatable bonds is 1. The zero-order valence-electron chi connectivity index (χ0n) is 8.45. The van der Waals surface area contributed by atoms with Crippen LogP contribution in [-0.2, 0) is 9.59 Å². The SMILES string of the molecule is CC1CC(N2CCC(=O)NCC2=O)C1. The molecule has 1 aliphatic heterocycles. The van der Waals surface area contributed by atoms with Gasteiger partial charge >= 0.3 is 0 Å². The highest BCUT2D eigenvalue weighted by Gasteiger charge is 2.34. The predicted octanol–water partition coefficient (Wildman–Crippen LogP) is 0.133. The van der Waals surface area contributed by atoms with Crippen molar-refractivity contribution in [2.75, 3.05) is 13.1 Å². The highest BCUT2D eigenvalue weighted by molar-refractivity contribution is 5.87. The van der Waals surface area contributed by atoms with E-state index in [1.807, 2.05) is 4.90 Å². The fourth-order valence-corrected chi connectivity index (χ4v) is 2.21. The van der Waals surface area contributed by atoms with Gasteiger partial charge in [0.25, 0.3) is 0 Å². The Balaban J connectivity index is 1.96. The Morgan fingerprint density at radius 3 is 2.71 bits per heavy atom. The maximum Gasteiger partial charge on any atom is 0.242 e. The van der Waals surface area contributed by atoms with E-state index >= 15 is 0 Å². The summed E-state index contributed by atoms with van der Waals surface area (Å²) < 4.78 is 0. The van der Waals surface area contributed by atoms with Gasteiger partial charge in [-0.2, -0.15) is 0 Å². The molecule has 0 aromatic carbocycles. The molecule has 2 fully saturated rings. The van der Waals surface area contributed by atoms with Gasteiger partial charge in [0.1, 0.15) is 0 Å². The molecule has 78 valence electrons. The smallest absolute Gasteiger partial charge is 0.242 e. The summed E-state index contributed by atoms with van der Waals surface area (Å²) >= 11 is 0. The molecule has 1 N–H and O–H groups in total. The Labute approximate surface area is 83.6 Å². The van der Waals surface area contributed by atoms with Crippen molar-refractivity contribution in [3.05, 3.63) is 0 Å². The minimum Gasteiger partial charge on any atom is -0.347 e. The maximum atomic E-state index is 11.6. The number of hydrogen-bond donors (Lipinski definition) is 1. The Bertz CT molecular complexity index is 259. The van der Waals surface area contributed by atoms with Gasteiger partial charge in [-0.05, 0) is 18.8 Å². The highest BCUT2D eigenvalue weighted by atomic mass is 16.2. The van der Waals surface area contributed by atoms with Gasteiger partial charge in [0.15, 0.2) is 0 Å². The van der Waals surface area contributed by atoms with Crippen LogP contribution in [-0.4, -0.2) is 35.8 Å². The molecule has 0 bridgehead atoms. The molecular weight excluding hydrogens is 180 g/mol. The van der Waals surface area contributed by atoms with Crippen LogP contribution in [0.3, 0.4) is 0 Å². The highest BCUT2D eigenvalue weighted by Crippen LogP contribution is 2.31. The summed E-state index contributed by atoms with van der Waals surface area (Å²) in [6.07, 6.45) is 2.65. The van der Waals surface area contributed by atoms with Crippen molar-refractivity contribution in [3.8, 4) is 0 Å². The van der Waals surface area contributed by atoms with E-state index in [9.17, 15) is 9.59 Å². The average molecular weight is 196 g/mol. The second-order valence-electron chi connectivity index (χ2n) is 4.34. The fourth-order valence-electron chi connectivity index (χ4n) is 2.21. The second kappa shape index (κ2) is 3.59. The molecule has 1 aliphatic carbocycles. The summed E-state index contributed by atoms with van der Waals surface area (Å²) in [4.78, 5) is 24.6. The lowest BCUT2D eigenvalue weighted by atomic mass is 9.80. The van der Waals surface area contributed by atoms with E-state index in [0.717, 1.165) is 18.8 Å². The summed E-state index contributed by atoms with van der Waals surface area (Å²) in [5, 5.41) is 2.61. The first-order valence-electron chi connectivity index (χ1n) is 5.23. The lowest BCUT2D eigenvalue weighted by Gasteiger charge is -2.41. The van der Waals surface area contributed by atoms with Crippen LogP contribution in [0.25, 0.3) is 0 Å². The van der Waals surface area contributed by atoms with Crippen molar-refractivity contribution in [2.24, 2.45) is 5.92 Å². The Morgan fingerprint density at radius 2 is 2.07 bits per heavy atom. The van der Waals surface area contributed by atoms with Gasteiger partial charge in [-0.3, -0.25) is 9.59 Å². The Morgan fingerprint density at radius 1 is 1.36 bits per heavy atom. The molecule has 0 radical (unpaired) electrons. The van der Waals surface area contributed by atoms with E-state index < -0.39 is 0 Å². The van der Waals surface area contributed by atoms with Crippen molar-refractivity contribution in [1.29, 1.82) is 0 Å². The molecule has 14 heavy (non-hydrogen) atoms. The minimum atomic E-state index is -0.00628. The van der Waals surface area contributed by atoms with Gasteiger partial charge in [0, 0.05) is 19.0 Å². The van der Waals surface area contributed by atoms with Crippen LogP contribution in [0.15, 0.2) is 0 Å². The summed E-state index contributed by atoms with van der Waals surface area (Å²) in [5.41, 5.74) is 0. The van der Waals surface area contributed by atoms with Crippen molar-refractivity contribution < 1.29 is 9.59 Å². The standard InChI is InChI=1S/C10H16N2O2/c1-7-4-8(5-7)12-3-2-9(13)11-6-10(12)14/h7-8H,2-6H2,1H3,(H,11,13). The number of amides is 2. The summed E-state index contributed by atoms with van der Waals surface area (Å²) in [6, 6.07) is 0.394. The molecule has 0 spiro atoms. The predicted molar refractivity (Wildman–Crippen MR) is 51.5 cm³/mol. The molecule has 1 heterocycles. The zero-order chi connectivity index (χ0) is 10.1. The molecule has 1 saturated carbocycles. The van der Waals surface area contributed by atoms with Crippen molar-refractivity contribution in [2.45, 2.75) is 32.2 Å². The zero-order valence-corrected chi connectivity index (χ0v) is 8.45. The summed E-state index contributed by atoms with van der Waals surface area (Å²) in [5.74, 6) is 0.806. The lowest BCUT2D eigenvalue weighted by molar-refractivity contribution is -0.134. The Kier molecular flexibility index (Phi) is 2.44. The third-order valence-corrected chi connectivity index (χ3v) is 3.13. The van der Waals surface area contributed by atoms with Crippen LogP contribution in [0.4, 0.5) is 0 Å². The first-order valence-corrected chi connectivity index (χ1v) is 5.23. The number of nitrogens with one attached hydrogen (secondary N) is 1. The summed E-state index contributed by atoms with van der Waals surface area (Å²) in [7, 11) is 0. The van der Waals surface area contributed by atoms with Crippen LogP contribution >= 0.6 is 0 Å². The van der Waals surface area contributed by atoms with E-state index in [4.69, 9.17) is 0 Å². The largest absolute Gasteiger partial charge is 0.347 e. The van der Waals surface area contributed by atoms with Crippen molar-refractivity contribution in [3.63, 3.8) is 0 Å². The average Bonchev–Trinajstić information content (AvgIpc) is 2.25. The van der Waals surface area contributed by atoms with Crippen molar-refractivity contribution in [1.82, 2.24) is 10.2 Å². The Hall–Kier alpha value is -1.06. The van der Waals surface area contributed by atoms with Crippen LogP contribution in [0.2, 0.25) is 0 Å². The van der Waals surface area contributed by atoms with E-state index in [1.54, 1.807) is 0 Å². The second-order valence-corrected chi connectivity index (χ2v) is 4.34. The molecule has 4 heteroatoms. The van der Waals surface area contributed by atoms with Gasteiger partial charge in [-0.25, -0.2) is 0 Å². The van der Waals surface area contributed by atoms with Gasteiger partial charge in [-0.1, -0.05) is 6.92 Å². The van der Waals surface area contributed by atoms with Gasteiger partial charge < -0.3 is 10.2 Å². The molecule has 0 aromatic rings. The first-order chi connectivity index (χ1) is 6.66. The van der Waals surface area contributed by atoms with E-state index in [-0.39, 0.29) is 18.4 Å². The quantitative estimate of drug-likeness (QED) is 0.648. The first kappa shape index (κ1) is 9.49. The maximum absolute atomic E-state index is 11.6. The molecule has 2 rings (SSSR count). The van der Waals surface area contributed by atoms with Crippen molar-refractivity contribution >= 4 is 11.8 Å². The number of hydrogen-bond acceptors (Lipinski definition) is 2. The van der Waals surface area contributed by atoms with Crippen LogP contribution in [0.5, 0.6) is 0 Å². The normalized spacial score (nSPS) is 33.4. The lowest BCUT2D eigenvalue weighted by Crippen LogP contribution is -2.48. The summed E-state index contributed by atoms with van der Waals surface area (Å²) in [6.45, 7) is 2.98. The van der Waals surface area contributed by atoms with E-state index in [1.165, 1.54) is 0 Å². The fraction of sp³-hybridized carbons (Fsp3) is 0.800. The van der Waals surface area contributed by atoms with Crippen LogP contribution < -0.4 is 5.32 Å². The minimum absolute atomic E-state index is 0.00628. The molecular formula is C10H16N2O2. The molecule has 0 unspecified atom stereocenters. The third-order valence-electron chi connectivity index (χ3n) is 3.13. The molecule has 2 aliphatic rings. The van der Waals surface area contributed by atoms with Gasteiger partial charge in [-0.15, -0.1) is 0 Å². The van der Waals surface area contributed by atoms with E-state index in [0.29, 0.717) is 19.0 Å². The third kappa shape index (κ3) is 1.74. The molecule has 2 amide bonds.